The first-order chi connectivity index (χ1) is 15.6. The van der Waals surface area contributed by atoms with Gasteiger partial charge in [0.25, 0.3) is 5.56 Å². The van der Waals surface area contributed by atoms with Gasteiger partial charge in [0.1, 0.15) is 11.6 Å². The van der Waals surface area contributed by atoms with Crippen LogP contribution in [0.5, 0.6) is 5.75 Å². The van der Waals surface area contributed by atoms with Gasteiger partial charge in [-0.15, -0.1) is 24.2 Å². The largest absolute Gasteiger partial charge is 0.491 e. The van der Waals surface area contributed by atoms with E-state index in [9.17, 15) is 18.0 Å². The first-order valence-electron chi connectivity index (χ1n) is 10.6. The van der Waals surface area contributed by atoms with Crippen LogP contribution in [0.4, 0.5) is 11.5 Å². The normalized spacial score (nSPS) is 14.5. The van der Waals surface area contributed by atoms with Gasteiger partial charge in [-0.25, -0.2) is 13.2 Å². The highest BCUT2D eigenvalue weighted by Gasteiger charge is 2.20. The average molecular weight is 534 g/mol. The molecule has 10 nitrogen and oxygen atoms in total. The first-order valence-corrected chi connectivity index (χ1v) is 13.7. The standard InChI is InChI=1S/C21H31N5O5S2.ClH/c1-23-19(15-20(27)24(2)21(23)28)26-11-9-25(10-12-26)8-5-13-31-18-7-6-16(32-3)14-17(18)22-33(4,29)30;/h6-7,14-15,22H,5,8-13H2,1-4H3;1H. The maximum absolute atomic E-state index is 12.2. The van der Waals surface area contributed by atoms with Crippen molar-refractivity contribution in [3.05, 3.63) is 45.1 Å². The van der Waals surface area contributed by atoms with Crippen LogP contribution in [-0.2, 0) is 24.1 Å². The van der Waals surface area contributed by atoms with Crippen molar-refractivity contribution in [3.8, 4) is 5.75 Å². The summed E-state index contributed by atoms with van der Waals surface area (Å²) in [4.78, 5) is 29.5. The minimum Gasteiger partial charge on any atom is -0.491 e. The molecule has 0 bridgehead atoms. The Morgan fingerprint density at radius 2 is 1.74 bits per heavy atom. The third-order valence-corrected chi connectivity index (χ3v) is 6.87. The van der Waals surface area contributed by atoms with Crippen molar-refractivity contribution in [2.24, 2.45) is 14.1 Å². The number of piperazine rings is 1. The van der Waals surface area contributed by atoms with Crippen LogP contribution in [0.3, 0.4) is 0 Å². The van der Waals surface area contributed by atoms with E-state index in [2.05, 4.69) is 14.5 Å². The molecule has 0 saturated carbocycles. The van der Waals surface area contributed by atoms with Crippen LogP contribution < -0.4 is 25.6 Å². The highest BCUT2D eigenvalue weighted by molar-refractivity contribution is 7.98. The molecule has 0 aliphatic carbocycles. The summed E-state index contributed by atoms with van der Waals surface area (Å²) in [7, 11) is -0.248. The number of aromatic nitrogens is 2. The highest BCUT2D eigenvalue weighted by Crippen LogP contribution is 2.30. The van der Waals surface area contributed by atoms with Gasteiger partial charge in [0.05, 0.1) is 18.6 Å². The second-order valence-corrected chi connectivity index (χ2v) is 10.6. The van der Waals surface area contributed by atoms with Crippen LogP contribution in [0, 0.1) is 0 Å². The summed E-state index contributed by atoms with van der Waals surface area (Å²) in [6.07, 6.45) is 3.83. The number of ether oxygens (including phenoxy) is 1. The van der Waals surface area contributed by atoms with Crippen molar-refractivity contribution in [2.45, 2.75) is 11.3 Å². The fourth-order valence-electron chi connectivity index (χ4n) is 3.74. The smallest absolute Gasteiger partial charge is 0.332 e. The van der Waals surface area contributed by atoms with Crippen molar-refractivity contribution in [2.75, 3.05) is 61.5 Å². The molecule has 34 heavy (non-hydrogen) atoms. The molecule has 1 aromatic carbocycles. The molecule has 1 N–H and O–H groups in total. The number of benzene rings is 1. The average Bonchev–Trinajstić information content (AvgIpc) is 2.78. The quantitative estimate of drug-likeness (QED) is 0.378. The monoisotopic (exact) mass is 533 g/mol. The Hall–Kier alpha value is -2.15. The zero-order valence-corrected chi connectivity index (χ0v) is 22.3. The zero-order valence-electron chi connectivity index (χ0n) is 19.8. The lowest BCUT2D eigenvalue weighted by atomic mass is 10.2. The molecule has 0 atom stereocenters. The van der Waals surface area contributed by atoms with Crippen molar-refractivity contribution in [3.63, 3.8) is 0 Å². The molecular weight excluding hydrogens is 502 g/mol. The Bertz CT molecular complexity index is 1210. The van der Waals surface area contributed by atoms with Crippen LogP contribution in [0.15, 0.2) is 38.8 Å². The van der Waals surface area contributed by atoms with Gasteiger partial charge < -0.3 is 9.64 Å². The van der Waals surface area contributed by atoms with Crippen molar-refractivity contribution in [1.29, 1.82) is 0 Å². The Balaban J connectivity index is 0.00000408. The van der Waals surface area contributed by atoms with Gasteiger partial charge in [-0.1, -0.05) is 0 Å². The number of hydrogen-bond donors (Lipinski definition) is 1. The van der Waals surface area contributed by atoms with Gasteiger partial charge in [-0.2, -0.15) is 0 Å². The molecule has 1 aliphatic heterocycles. The third-order valence-electron chi connectivity index (χ3n) is 5.56. The Morgan fingerprint density at radius 3 is 2.35 bits per heavy atom. The molecule has 0 unspecified atom stereocenters. The molecule has 2 heterocycles. The van der Waals surface area contributed by atoms with Crippen molar-refractivity contribution in [1.82, 2.24) is 14.0 Å². The number of rotatable bonds is 9. The lowest BCUT2D eigenvalue weighted by Crippen LogP contribution is -2.49. The Kier molecular flexibility index (Phi) is 9.92. The fraction of sp³-hybridized carbons (Fsp3) is 0.524. The lowest BCUT2D eigenvalue weighted by molar-refractivity contribution is 0.224. The Morgan fingerprint density at radius 1 is 1.06 bits per heavy atom. The van der Waals surface area contributed by atoms with Crippen LogP contribution in [0.1, 0.15) is 6.42 Å². The first kappa shape index (κ1) is 28.1. The summed E-state index contributed by atoms with van der Waals surface area (Å²) in [6, 6.07) is 6.96. The minimum atomic E-state index is -3.41. The molecule has 2 aromatic rings. The van der Waals surface area contributed by atoms with Gasteiger partial charge in [-0.3, -0.25) is 23.6 Å². The predicted molar refractivity (Wildman–Crippen MR) is 140 cm³/mol. The summed E-state index contributed by atoms with van der Waals surface area (Å²) in [5.74, 6) is 1.15. The molecule has 13 heteroatoms. The summed E-state index contributed by atoms with van der Waals surface area (Å²) in [5, 5.41) is 0. The van der Waals surface area contributed by atoms with E-state index in [0.717, 1.165) is 54.9 Å². The molecule has 0 amide bonds. The van der Waals surface area contributed by atoms with Gasteiger partial charge in [0, 0.05) is 57.8 Å². The molecule has 1 fully saturated rings. The van der Waals surface area contributed by atoms with E-state index in [1.54, 1.807) is 19.2 Å². The van der Waals surface area contributed by atoms with Crippen molar-refractivity contribution < 1.29 is 13.2 Å². The predicted octanol–water partition coefficient (Wildman–Crippen LogP) is 1.19. The zero-order chi connectivity index (χ0) is 24.2. The number of nitrogens with zero attached hydrogens (tertiary/aromatic N) is 4. The fourth-order valence-corrected chi connectivity index (χ4v) is 4.74. The van der Waals surface area contributed by atoms with E-state index in [0.29, 0.717) is 23.9 Å². The summed E-state index contributed by atoms with van der Waals surface area (Å²) < 4.78 is 34.3. The minimum absolute atomic E-state index is 0. The second kappa shape index (κ2) is 12.0. The van der Waals surface area contributed by atoms with Gasteiger partial charge >= 0.3 is 5.69 Å². The topological polar surface area (TPSA) is 106 Å². The molecule has 0 spiro atoms. The van der Waals surface area contributed by atoms with E-state index < -0.39 is 10.0 Å². The van der Waals surface area contributed by atoms with Gasteiger partial charge in [-0.05, 0) is 30.9 Å². The number of thioether (sulfide) groups is 1. The molecular formula is C21H32ClN5O5S2. The number of anilines is 2. The lowest BCUT2D eigenvalue weighted by Gasteiger charge is -2.36. The summed E-state index contributed by atoms with van der Waals surface area (Å²) >= 11 is 1.53. The van der Waals surface area contributed by atoms with Crippen LogP contribution in [0.25, 0.3) is 0 Å². The molecule has 0 radical (unpaired) electrons. The van der Waals surface area contributed by atoms with Crippen LogP contribution >= 0.6 is 24.2 Å². The van der Waals surface area contributed by atoms with Crippen LogP contribution in [-0.4, -0.2) is 74.3 Å². The SMILES string of the molecule is CSc1ccc(OCCCN2CCN(c3cc(=O)n(C)c(=O)n3C)CC2)c(NS(C)(=O)=O)c1.Cl. The van der Waals surface area contributed by atoms with Gasteiger partial charge in [0.2, 0.25) is 10.0 Å². The maximum Gasteiger partial charge on any atom is 0.332 e. The molecule has 3 rings (SSSR count). The van der Waals surface area contributed by atoms with E-state index >= 15 is 0 Å². The highest BCUT2D eigenvalue weighted by atomic mass is 35.5. The number of hydrogen-bond acceptors (Lipinski definition) is 8. The maximum atomic E-state index is 12.2. The molecule has 1 saturated heterocycles. The molecule has 190 valence electrons. The molecule has 1 aliphatic rings. The number of halogens is 1. The van der Waals surface area contributed by atoms with Crippen LogP contribution in [0.2, 0.25) is 0 Å². The van der Waals surface area contributed by atoms with E-state index in [1.807, 2.05) is 12.3 Å². The second-order valence-electron chi connectivity index (χ2n) is 8.01. The van der Waals surface area contributed by atoms with Gasteiger partial charge in [0.15, 0.2) is 0 Å². The Labute approximate surface area is 210 Å². The summed E-state index contributed by atoms with van der Waals surface area (Å²) in [5.41, 5.74) is -0.187. The van der Waals surface area contributed by atoms with E-state index in [4.69, 9.17) is 4.74 Å². The summed E-state index contributed by atoms with van der Waals surface area (Å²) in [6.45, 7) is 4.36. The molecule has 1 aromatic heterocycles. The van der Waals surface area contributed by atoms with E-state index in [-0.39, 0.29) is 23.7 Å². The van der Waals surface area contributed by atoms with E-state index in [1.165, 1.54) is 29.4 Å². The van der Waals surface area contributed by atoms with Crippen molar-refractivity contribution >= 4 is 45.7 Å². The number of sulfonamides is 1. The third kappa shape index (κ3) is 7.17. The number of nitrogens with one attached hydrogen (secondary N) is 1.